The molecule has 90 valence electrons. The lowest BCUT2D eigenvalue weighted by atomic mass is 10.1. The van der Waals surface area contributed by atoms with Crippen LogP contribution in [-0.4, -0.2) is 24.0 Å². The zero-order valence-corrected chi connectivity index (χ0v) is 10.7. The zero-order valence-electron chi connectivity index (χ0n) is 10.7. The number of nitrogens with zero attached hydrogens (tertiary/aromatic N) is 1. The fourth-order valence-corrected chi connectivity index (χ4v) is 1.74. The van der Waals surface area contributed by atoms with Gasteiger partial charge >= 0.3 is 0 Å². The van der Waals surface area contributed by atoms with Crippen LogP contribution in [0, 0.1) is 6.92 Å². The molecule has 0 spiro atoms. The molecule has 2 nitrogen and oxygen atoms in total. The molecule has 1 rings (SSSR count). The highest BCUT2D eigenvalue weighted by Crippen LogP contribution is 2.10. The van der Waals surface area contributed by atoms with Gasteiger partial charge in [-0.15, -0.1) is 0 Å². The molecule has 0 radical (unpaired) electrons. The lowest BCUT2D eigenvalue weighted by Gasteiger charge is -2.26. The van der Waals surface area contributed by atoms with Crippen LogP contribution < -0.4 is 5.73 Å². The number of benzene rings is 1. The van der Waals surface area contributed by atoms with Gasteiger partial charge in [0.05, 0.1) is 0 Å². The van der Waals surface area contributed by atoms with E-state index in [2.05, 4.69) is 49.9 Å². The van der Waals surface area contributed by atoms with Crippen molar-refractivity contribution in [1.29, 1.82) is 0 Å². The van der Waals surface area contributed by atoms with Gasteiger partial charge in [-0.25, -0.2) is 0 Å². The molecule has 0 amide bonds. The Labute approximate surface area is 99.5 Å². The van der Waals surface area contributed by atoms with E-state index in [1.54, 1.807) is 0 Å². The Morgan fingerprint density at radius 1 is 1.19 bits per heavy atom. The fourth-order valence-electron chi connectivity index (χ4n) is 1.74. The first kappa shape index (κ1) is 13.2. The lowest BCUT2D eigenvalue weighted by Crippen LogP contribution is -2.32. The zero-order chi connectivity index (χ0) is 12.0. The summed E-state index contributed by atoms with van der Waals surface area (Å²) < 4.78 is 0. The molecule has 0 saturated heterocycles. The van der Waals surface area contributed by atoms with Gasteiger partial charge in [0.2, 0.25) is 0 Å². The number of rotatable bonds is 6. The first-order valence-corrected chi connectivity index (χ1v) is 6.13. The molecular weight excluding hydrogens is 196 g/mol. The van der Waals surface area contributed by atoms with E-state index in [1.165, 1.54) is 11.1 Å². The summed E-state index contributed by atoms with van der Waals surface area (Å²) in [5.74, 6) is 0. The van der Waals surface area contributed by atoms with E-state index in [0.717, 1.165) is 26.1 Å². The van der Waals surface area contributed by atoms with Crippen LogP contribution in [0.1, 0.15) is 31.4 Å². The number of aryl methyl sites for hydroxylation is 1. The molecule has 0 aromatic heterocycles. The number of hydrogen-bond donors (Lipinski definition) is 1. The summed E-state index contributed by atoms with van der Waals surface area (Å²) in [5.41, 5.74) is 8.27. The van der Waals surface area contributed by atoms with Crippen LogP contribution in [0.4, 0.5) is 0 Å². The van der Waals surface area contributed by atoms with Gasteiger partial charge in [0.1, 0.15) is 0 Å². The van der Waals surface area contributed by atoms with Crippen LogP contribution >= 0.6 is 0 Å². The molecule has 1 aromatic rings. The Morgan fingerprint density at radius 2 is 1.81 bits per heavy atom. The Kier molecular flexibility index (Phi) is 5.50. The van der Waals surface area contributed by atoms with Crippen molar-refractivity contribution >= 4 is 0 Å². The monoisotopic (exact) mass is 220 g/mol. The molecule has 0 aliphatic heterocycles. The largest absolute Gasteiger partial charge is 0.330 e. The van der Waals surface area contributed by atoms with Crippen LogP contribution in [0.5, 0.6) is 0 Å². The second-order valence-corrected chi connectivity index (χ2v) is 4.69. The average Bonchev–Trinajstić information content (AvgIpc) is 2.26. The van der Waals surface area contributed by atoms with Crippen molar-refractivity contribution in [1.82, 2.24) is 4.90 Å². The highest BCUT2D eigenvalue weighted by molar-refractivity contribution is 5.21. The third-order valence-corrected chi connectivity index (χ3v) is 2.89. The standard InChI is InChI=1S/C14H24N2/c1-12(2)16(10-4-9-15)11-14-7-5-13(3)6-8-14/h5-8,12H,4,9-11,15H2,1-3H3. The van der Waals surface area contributed by atoms with Gasteiger partial charge in [0, 0.05) is 12.6 Å². The van der Waals surface area contributed by atoms with Crippen molar-refractivity contribution < 1.29 is 0 Å². The third-order valence-electron chi connectivity index (χ3n) is 2.89. The molecular formula is C14H24N2. The van der Waals surface area contributed by atoms with E-state index in [0.29, 0.717) is 6.04 Å². The Hall–Kier alpha value is -0.860. The summed E-state index contributed by atoms with van der Waals surface area (Å²) in [6.45, 7) is 9.49. The topological polar surface area (TPSA) is 29.3 Å². The van der Waals surface area contributed by atoms with E-state index in [1.807, 2.05) is 0 Å². The van der Waals surface area contributed by atoms with Gasteiger partial charge in [-0.05, 0) is 45.8 Å². The third kappa shape index (κ3) is 4.33. The van der Waals surface area contributed by atoms with E-state index in [-0.39, 0.29) is 0 Å². The molecule has 2 heteroatoms. The molecule has 0 atom stereocenters. The molecule has 0 heterocycles. The average molecular weight is 220 g/mol. The summed E-state index contributed by atoms with van der Waals surface area (Å²) >= 11 is 0. The highest BCUT2D eigenvalue weighted by Gasteiger charge is 2.08. The van der Waals surface area contributed by atoms with E-state index >= 15 is 0 Å². The highest BCUT2D eigenvalue weighted by atomic mass is 15.1. The maximum absolute atomic E-state index is 5.56. The van der Waals surface area contributed by atoms with E-state index in [4.69, 9.17) is 5.73 Å². The van der Waals surface area contributed by atoms with Gasteiger partial charge in [-0.2, -0.15) is 0 Å². The SMILES string of the molecule is Cc1ccc(CN(CCCN)C(C)C)cc1. The van der Waals surface area contributed by atoms with Crippen molar-refractivity contribution in [2.75, 3.05) is 13.1 Å². The second-order valence-electron chi connectivity index (χ2n) is 4.69. The second kappa shape index (κ2) is 6.66. The smallest absolute Gasteiger partial charge is 0.0236 e. The summed E-state index contributed by atoms with van der Waals surface area (Å²) in [7, 11) is 0. The van der Waals surface area contributed by atoms with E-state index in [9.17, 15) is 0 Å². The Bertz CT molecular complexity index is 290. The van der Waals surface area contributed by atoms with Gasteiger partial charge in [-0.1, -0.05) is 29.8 Å². The predicted octanol–water partition coefficient (Wildman–Crippen LogP) is 2.55. The van der Waals surface area contributed by atoms with Crippen LogP contribution in [-0.2, 0) is 6.54 Å². The molecule has 1 aromatic carbocycles. The van der Waals surface area contributed by atoms with Crippen LogP contribution in [0.15, 0.2) is 24.3 Å². The van der Waals surface area contributed by atoms with Crippen molar-refractivity contribution in [2.45, 2.75) is 39.8 Å². The van der Waals surface area contributed by atoms with Crippen molar-refractivity contribution in [3.8, 4) is 0 Å². The molecule has 0 saturated carbocycles. The van der Waals surface area contributed by atoms with Crippen LogP contribution in [0.2, 0.25) is 0 Å². The van der Waals surface area contributed by atoms with Crippen LogP contribution in [0.3, 0.4) is 0 Å². The van der Waals surface area contributed by atoms with E-state index < -0.39 is 0 Å². The van der Waals surface area contributed by atoms with Gasteiger partial charge < -0.3 is 5.73 Å². The fraction of sp³-hybridized carbons (Fsp3) is 0.571. The van der Waals surface area contributed by atoms with Gasteiger partial charge in [0.25, 0.3) is 0 Å². The maximum Gasteiger partial charge on any atom is 0.0236 e. The lowest BCUT2D eigenvalue weighted by molar-refractivity contribution is 0.211. The first-order chi connectivity index (χ1) is 7.63. The minimum absolute atomic E-state index is 0.577. The predicted molar refractivity (Wildman–Crippen MR) is 70.4 cm³/mol. The summed E-state index contributed by atoms with van der Waals surface area (Å²) in [6, 6.07) is 9.36. The molecule has 0 bridgehead atoms. The normalized spacial score (nSPS) is 11.4. The molecule has 0 unspecified atom stereocenters. The van der Waals surface area contributed by atoms with Crippen molar-refractivity contribution in [3.05, 3.63) is 35.4 Å². The first-order valence-electron chi connectivity index (χ1n) is 6.13. The van der Waals surface area contributed by atoms with Crippen molar-refractivity contribution in [2.24, 2.45) is 5.73 Å². The summed E-state index contributed by atoms with van der Waals surface area (Å²) in [5, 5.41) is 0. The van der Waals surface area contributed by atoms with Gasteiger partial charge in [-0.3, -0.25) is 4.90 Å². The maximum atomic E-state index is 5.56. The molecule has 0 aliphatic rings. The quantitative estimate of drug-likeness (QED) is 0.798. The Balaban J connectivity index is 2.57. The molecule has 0 aliphatic carbocycles. The molecule has 2 N–H and O–H groups in total. The minimum Gasteiger partial charge on any atom is -0.330 e. The van der Waals surface area contributed by atoms with Crippen molar-refractivity contribution in [3.63, 3.8) is 0 Å². The number of hydrogen-bond acceptors (Lipinski definition) is 2. The summed E-state index contributed by atoms with van der Waals surface area (Å²) in [6.07, 6.45) is 1.07. The molecule has 0 fully saturated rings. The summed E-state index contributed by atoms with van der Waals surface area (Å²) in [4.78, 5) is 2.47. The number of nitrogens with two attached hydrogens (primary N) is 1. The van der Waals surface area contributed by atoms with Crippen LogP contribution in [0.25, 0.3) is 0 Å². The minimum atomic E-state index is 0.577. The van der Waals surface area contributed by atoms with Gasteiger partial charge in [0.15, 0.2) is 0 Å². The Morgan fingerprint density at radius 3 is 2.31 bits per heavy atom. The molecule has 16 heavy (non-hydrogen) atoms.